The number of carbonyl (C=O) groups excluding carboxylic acids is 3. The van der Waals surface area contributed by atoms with Crippen molar-refractivity contribution in [3.63, 3.8) is 0 Å². The van der Waals surface area contributed by atoms with Crippen molar-refractivity contribution in [3.8, 4) is 0 Å². The number of thioether (sulfide) groups is 1. The van der Waals surface area contributed by atoms with Gasteiger partial charge in [0.2, 0.25) is 0 Å². The van der Waals surface area contributed by atoms with E-state index in [0.717, 1.165) is 12.1 Å². The number of alkyl halides is 3. The van der Waals surface area contributed by atoms with Crippen molar-refractivity contribution in [2.45, 2.75) is 17.3 Å². The van der Waals surface area contributed by atoms with Gasteiger partial charge in [0.15, 0.2) is 12.4 Å². The molecule has 0 bridgehead atoms. The molecule has 0 unspecified atom stereocenters. The van der Waals surface area contributed by atoms with Crippen LogP contribution in [0.1, 0.15) is 27.6 Å². The topological polar surface area (TPSA) is 72.5 Å². The first-order chi connectivity index (χ1) is 12.6. The third-order valence-electron chi connectivity index (χ3n) is 3.23. The van der Waals surface area contributed by atoms with Gasteiger partial charge in [-0.15, -0.1) is 0 Å². The summed E-state index contributed by atoms with van der Waals surface area (Å²) >= 11 is -0.294. The van der Waals surface area contributed by atoms with E-state index in [0.29, 0.717) is 11.3 Å². The number of Topliss-reactive ketones (excluding diaryl/α,β-unsaturated/α-hetero) is 1. The second-order valence-electron chi connectivity index (χ2n) is 5.33. The van der Waals surface area contributed by atoms with Gasteiger partial charge in [-0.3, -0.25) is 9.59 Å². The molecule has 0 aliphatic rings. The number of esters is 1. The summed E-state index contributed by atoms with van der Waals surface area (Å²) < 4.78 is 41.6. The lowest BCUT2D eigenvalue weighted by atomic mass is 10.1. The summed E-state index contributed by atoms with van der Waals surface area (Å²) in [6, 6.07) is 10.8. The van der Waals surface area contributed by atoms with Gasteiger partial charge in [0.25, 0.3) is 5.91 Å². The minimum absolute atomic E-state index is 0.0279. The summed E-state index contributed by atoms with van der Waals surface area (Å²) in [5.41, 5.74) is -3.47. The number of rotatable bonds is 6. The lowest BCUT2D eigenvalue weighted by molar-refractivity contribution is -0.119. The number of carbonyl (C=O) groups is 3. The minimum Gasteiger partial charge on any atom is -0.452 e. The lowest BCUT2D eigenvalue weighted by Gasteiger charge is -2.08. The summed E-state index contributed by atoms with van der Waals surface area (Å²) in [5, 5.41) is 2.49. The quantitative estimate of drug-likeness (QED) is 0.447. The second-order valence-corrected chi connectivity index (χ2v) is 6.47. The predicted molar refractivity (Wildman–Crippen MR) is 93.7 cm³/mol. The van der Waals surface area contributed by atoms with E-state index in [4.69, 9.17) is 4.74 Å². The van der Waals surface area contributed by atoms with Gasteiger partial charge >= 0.3 is 11.5 Å². The third kappa shape index (κ3) is 6.78. The smallest absolute Gasteiger partial charge is 0.446 e. The van der Waals surface area contributed by atoms with E-state index in [1.807, 2.05) is 0 Å². The van der Waals surface area contributed by atoms with Gasteiger partial charge in [-0.25, -0.2) is 4.79 Å². The highest BCUT2D eigenvalue weighted by Crippen LogP contribution is 2.36. The van der Waals surface area contributed by atoms with E-state index < -0.39 is 24.0 Å². The molecule has 2 aromatic carbocycles. The number of benzene rings is 2. The van der Waals surface area contributed by atoms with Crippen LogP contribution in [-0.4, -0.2) is 29.8 Å². The number of ether oxygens (including phenoxy) is 1. The first kappa shape index (κ1) is 20.5. The number of halogens is 3. The van der Waals surface area contributed by atoms with Crippen LogP contribution < -0.4 is 5.32 Å². The second kappa shape index (κ2) is 8.72. The standard InChI is InChI=1S/C18H14F3NO4S/c1-11(23)12-2-6-14(7-3-12)22-16(24)10-26-17(25)13-4-8-15(9-5-13)27-18(19,20)21/h2-9H,10H2,1H3,(H,22,24). The summed E-state index contributed by atoms with van der Waals surface area (Å²) in [6.45, 7) is 0.855. The summed E-state index contributed by atoms with van der Waals surface area (Å²) in [5.74, 6) is -1.54. The molecule has 0 fully saturated rings. The molecule has 0 aliphatic heterocycles. The Morgan fingerprint density at radius 3 is 2.04 bits per heavy atom. The van der Waals surface area contributed by atoms with Crippen molar-refractivity contribution < 1.29 is 32.3 Å². The predicted octanol–water partition coefficient (Wildman–Crippen LogP) is 4.30. The van der Waals surface area contributed by atoms with Crippen LogP contribution in [0.2, 0.25) is 0 Å². The molecule has 2 rings (SSSR count). The Bertz CT molecular complexity index is 833. The van der Waals surface area contributed by atoms with Crippen molar-refractivity contribution in [2.75, 3.05) is 11.9 Å². The Morgan fingerprint density at radius 1 is 0.963 bits per heavy atom. The lowest BCUT2D eigenvalue weighted by Crippen LogP contribution is -2.20. The van der Waals surface area contributed by atoms with E-state index >= 15 is 0 Å². The molecule has 0 radical (unpaired) electrons. The molecule has 27 heavy (non-hydrogen) atoms. The monoisotopic (exact) mass is 397 g/mol. The molecule has 0 aromatic heterocycles. The van der Waals surface area contributed by atoms with Crippen LogP contribution in [0, 0.1) is 0 Å². The fourth-order valence-electron chi connectivity index (χ4n) is 1.99. The number of nitrogens with one attached hydrogen (secondary N) is 1. The average Bonchev–Trinajstić information content (AvgIpc) is 2.59. The molecule has 2 aromatic rings. The molecular formula is C18H14F3NO4S. The van der Waals surface area contributed by atoms with E-state index in [9.17, 15) is 27.6 Å². The normalized spacial score (nSPS) is 11.0. The molecule has 1 amide bonds. The largest absolute Gasteiger partial charge is 0.452 e. The molecule has 0 atom stereocenters. The summed E-state index contributed by atoms with van der Waals surface area (Å²) in [4.78, 5) is 34.8. The fraction of sp³-hybridized carbons (Fsp3) is 0.167. The molecule has 5 nitrogen and oxygen atoms in total. The number of anilines is 1. The molecule has 142 valence electrons. The van der Waals surface area contributed by atoms with Gasteiger partial charge in [-0.2, -0.15) is 13.2 Å². The SMILES string of the molecule is CC(=O)c1ccc(NC(=O)COC(=O)c2ccc(SC(F)(F)F)cc2)cc1. The maximum Gasteiger partial charge on any atom is 0.446 e. The Hall–Kier alpha value is -2.81. The fourth-order valence-corrected chi connectivity index (χ4v) is 2.53. The first-order valence-corrected chi connectivity index (χ1v) is 8.39. The zero-order valence-corrected chi connectivity index (χ0v) is 14.8. The van der Waals surface area contributed by atoms with E-state index in [-0.39, 0.29) is 28.0 Å². The van der Waals surface area contributed by atoms with Gasteiger partial charge in [0.05, 0.1) is 5.56 Å². The van der Waals surface area contributed by atoms with Crippen LogP contribution in [0.15, 0.2) is 53.4 Å². The average molecular weight is 397 g/mol. The number of amides is 1. The van der Waals surface area contributed by atoms with Crippen molar-refractivity contribution in [2.24, 2.45) is 0 Å². The van der Waals surface area contributed by atoms with Crippen molar-refractivity contribution >= 4 is 35.1 Å². The van der Waals surface area contributed by atoms with E-state index in [2.05, 4.69) is 5.32 Å². The van der Waals surface area contributed by atoms with Crippen LogP contribution >= 0.6 is 11.8 Å². The molecule has 0 spiro atoms. The van der Waals surface area contributed by atoms with Crippen LogP contribution in [0.5, 0.6) is 0 Å². The third-order valence-corrected chi connectivity index (χ3v) is 3.97. The van der Waals surface area contributed by atoms with Gasteiger partial charge in [-0.1, -0.05) is 0 Å². The van der Waals surface area contributed by atoms with E-state index in [1.54, 1.807) is 12.1 Å². The number of hydrogen-bond acceptors (Lipinski definition) is 5. The molecule has 0 saturated carbocycles. The minimum atomic E-state index is -4.41. The molecule has 1 N–H and O–H groups in total. The maximum absolute atomic E-state index is 12.3. The number of hydrogen-bond donors (Lipinski definition) is 1. The van der Waals surface area contributed by atoms with E-state index in [1.165, 1.54) is 31.2 Å². The molecule has 0 aliphatic carbocycles. The van der Waals surface area contributed by atoms with Gasteiger partial charge in [0, 0.05) is 16.1 Å². The highest BCUT2D eigenvalue weighted by Gasteiger charge is 2.29. The molecule has 0 heterocycles. The van der Waals surface area contributed by atoms with Crippen molar-refractivity contribution in [1.82, 2.24) is 0 Å². The highest BCUT2D eigenvalue weighted by molar-refractivity contribution is 8.00. The Labute approximate surface area is 156 Å². The van der Waals surface area contributed by atoms with Crippen molar-refractivity contribution in [3.05, 3.63) is 59.7 Å². The van der Waals surface area contributed by atoms with Gasteiger partial charge < -0.3 is 10.1 Å². The Morgan fingerprint density at radius 2 is 1.52 bits per heavy atom. The molecular weight excluding hydrogens is 383 g/mol. The maximum atomic E-state index is 12.3. The van der Waals surface area contributed by atoms with Crippen molar-refractivity contribution in [1.29, 1.82) is 0 Å². The van der Waals surface area contributed by atoms with Crippen LogP contribution in [0.3, 0.4) is 0 Å². The van der Waals surface area contributed by atoms with Crippen LogP contribution in [0.25, 0.3) is 0 Å². The zero-order chi connectivity index (χ0) is 20.0. The number of ketones is 1. The first-order valence-electron chi connectivity index (χ1n) is 7.58. The zero-order valence-electron chi connectivity index (χ0n) is 14.0. The Kier molecular flexibility index (Phi) is 6.62. The molecule has 0 saturated heterocycles. The Balaban J connectivity index is 1.85. The summed E-state index contributed by atoms with van der Waals surface area (Å²) in [7, 11) is 0. The van der Waals surface area contributed by atoms with Gasteiger partial charge in [0.1, 0.15) is 0 Å². The van der Waals surface area contributed by atoms with Gasteiger partial charge in [-0.05, 0) is 67.2 Å². The summed E-state index contributed by atoms with van der Waals surface area (Å²) in [6.07, 6.45) is 0. The van der Waals surface area contributed by atoms with Crippen LogP contribution in [-0.2, 0) is 9.53 Å². The molecule has 9 heteroatoms. The highest BCUT2D eigenvalue weighted by atomic mass is 32.2. The van der Waals surface area contributed by atoms with Crippen LogP contribution in [0.4, 0.5) is 18.9 Å².